The normalized spacial score (nSPS) is 12.2. The molecule has 0 radical (unpaired) electrons. The van der Waals surface area contributed by atoms with E-state index in [-0.39, 0.29) is 5.75 Å². The Bertz CT molecular complexity index is 533. The highest BCUT2D eigenvalue weighted by molar-refractivity contribution is 5.39. The van der Waals surface area contributed by atoms with Gasteiger partial charge in [0.2, 0.25) is 0 Å². The highest BCUT2D eigenvalue weighted by atomic mass is 19.1. The largest absolute Gasteiger partial charge is 0.457 e. The van der Waals surface area contributed by atoms with Crippen molar-refractivity contribution in [1.29, 1.82) is 0 Å². The summed E-state index contributed by atoms with van der Waals surface area (Å²) in [5, 5.41) is 9.56. The van der Waals surface area contributed by atoms with Gasteiger partial charge < -0.3 is 9.84 Å². The van der Waals surface area contributed by atoms with Crippen molar-refractivity contribution in [2.45, 2.75) is 13.0 Å². The number of rotatable bonds is 3. The molecule has 94 valence electrons. The molecule has 1 unspecified atom stereocenters. The minimum atomic E-state index is -0.723. The van der Waals surface area contributed by atoms with Gasteiger partial charge in [-0.15, -0.1) is 0 Å². The van der Waals surface area contributed by atoms with E-state index in [1.54, 1.807) is 31.2 Å². The second-order valence-corrected chi connectivity index (χ2v) is 3.92. The van der Waals surface area contributed by atoms with Crippen LogP contribution in [0, 0.1) is 11.6 Å². The van der Waals surface area contributed by atoms with Crippen LogP contribution in [0.4, 0.5) is 8.78 Å². The van der Waals surface area contributed by atoms with Crippen LogP contribution in [0.2, 0.25) is 0 Å². The van der Waals surface area contributed by atoms with Crippen molar-refractivity contribution in [1.82, 2.24) is 0 Å². The van der Waals surface area contributed by atoms with Gasteiger partial charge in [0.15, 0.2) is 0 Å². The van der Waals surface area contributed by atoms with Gasteiger partial charge >= 0.3 is 0 Å². The van der Waals surface area contributed by atoms with E-state index in [0.29, 0.717) is 11.3 Å². The molecule has 1 atom stereocenters. The second kappa shape index (κ2) is 5.14. The Kier molecular flexibility index (Phi) is 3.58. The fourth-order valence-electron chi connectivity index (χ4n) is 1.63. The van der Waals surface area contributed by atoms with Gasteiger partial charge in [0.05, 0.1) is 6.10 Å². The predicted octanol–water partition coefficient (Wildman–Crippen LogP) is 3.81. The molecule has 1 N–H and O–H groups in total. The lowest BCUT2D eigenvalue weighted by atomic mass is 10.1. The molecular weight excluding hydrogens is 238 g/mol. The van der Waals surface area contributed by atoms with Crippen molar-refractivity contribution in [2.75, 3.05) is 0 Å². The summed E-state index contributed by atoms with van der Waals surface area (Å²) in [6.45, 7) is 1.59. The summed E-state index contributed by atoms with van der Waals surface area (Å²) in [6.07, 6.45) is -0.723. The Morgan fingerprint density at radius 1 is 1.06 bits per heavy atom. The van der Waals surface area contributed by atoms with Gasteiger partial charge in [-0.3, -0.25) is 0 Å². The first kappa shape index (κ1) is 12.5. The number of ether oxygens (including phenoxy) is 1. The van der Waals surface area contributed by atoms with E-state index in [4.69, 9.17) is 4.74 Å². The van der Waals surface area contributed by atoms with Crippen LogP contribution in [0.15, 0.2) is 42.5 Å². The Labute approximate surface area is 103 Å². The van der Waals surface area contributed by atoms with E-state index < -0.39 is 17.7 Å². The minimum Gasteiger partial charge on any atom is -0.457 e. The van der Waals surface area contributed by atoms with Crippen molar-refractivity contribution in [3.63, 3.8) is 0 Å². The smallest absolute Gasteiger partial charge is 0.133 e. The lowest BCUT2D eigenvalue weighted by molar-refractivity contribution is 0.195. The number of hydrogen-bond acceptors (Lipinski definition) is 2. The summed E-state index contributed by atoms with van der Waals surface area (Å²) >= 11 is 0. The topological polar surface area (TPSA) is 29.5 Å². The SMILES string of the molecule is CC(O)c1ccccc1Oc1cc(F)cc(F)c1. The molecule has 0 aromatic heterocycles. The molecule has 0 bridgehead atoms. The minimum absolute atomic E-state index is 0.0561. The first-order valence-corrected chi connectivity index (χ1v) is 5.47. The van der Waals surface area contributed by atoms with Crippen LogP contribution < -0.4 is 4.74 Å². The molecule has 2 nitrogen and oxygen atoms in total. The fraction of sp³-hybridized carbons (Fsp3) is 0.143. The Hall–Kier alpha value is -1.94. The molecule has 0 fully saturated rings. The molecule has 18 heavy (non-hydrogen) atoms. The van der Waals surface area contributed by atoms with Crippen LogP contribution in [-0.2, 0) is 0 Å². The number of aliphatic hydroxyl groups excluding tert-OH is 1. The third kappa shape index (κ3) is 2.84. The average Bonchev–Trinajstić information content (AvgIpc) is 2.27. The number of halogens is 2. The first-order chi connectivity index (χ1) is 8.56. The Balaban J connectivity index is 2.34. The van der Waals surface area contributed by atoms with Crippen molar-refractivity contribution in [2.24, 2.45) is 0 Å². The van der Waals surface area contributed by atoms with Gasteiger partial charge in [0.25, 0.3) is 0 Å². The maximum atomic E-state index is 13.0. The van der Waals surface area contributed by atoms with E-state index in [2.05, 4.69) is 0 Å². The van der Waals surface area contributed by atoms with E-state index in [9.17, 15) is 13.9 Å². The summed E-state index contributed by atoms with van der Waals surface area (Å²) in [5.74, 6) is -0.989. The molecule has 4 heteroatoms. The Morgan fingerprint density at radius 3 is 2.28 bits per heavy atom. The average molecular weight is 250 g/mol. The second-order valence-electron chi connectivity index (χ2n) is 3.92. The predicted molar refractivity (Wildman–Crippen MR) is 63.5 cm³/mol. The summed E-state index contributed by atoms with van der Waals surface area (Å²) < 4.78 is 31.4. The maximum Gasteiger partial charge on any atom is 0.133 e. The number of para-hydroxylation sites is 1. The van der Waals surface area contributed by atoms with Crippen LogP contribution in [0.25, 0.3) is 0 Å². The van der Waals surface area contributed by atoms with Crippen molar-refractivity contribution >= 4 is 0 Å². The third-order valence-corrected chi connectivity index (χ3v) is 2.43. The van der Waals surface area contributed by atoms with Crippen LogP contribution in [0.5, 0.6) is 11.5 Å². The van der Waals surface area contributed by atoms with Gasteiger partial charge in [-0.05, 0) is 13.0 Å². The van der Waals surface area contributed by atoms with E-state index in [1.165, 1.54) is 0 Å². The summed E-state index contributed by atoms with van der Waals surface area (Å²) in [6, 6.07) is 9.73. The molecule has 0 saturated carbocycles. The first-order valence-electron chi connectivity index (χ1n) is 5.47. The summed E-state index contributed by atoms with van der Waals surface area (Å²) in [7, 11) is 0. The third-order valence-electron chi connectivity index (χ3n) is 2.43. The van der Waals surface area contributed by atoms with Gasteiger partial charge in [-0.25, -0.2) is 8.78 Å². The van der Waals surface area contributed by atoms with Gasteiger partial charge in [0.1, 0.15) is 23.1 Å². The zero-order valence-corrected chi connectivity index (χ0v) is 9.73. The maximum absolute atomic E-state index is 13.0. The van der Waals surface area contributed by atoms with Gasteiger partial charge in [-0.2, -0.15) is 0 Å². The van der Waals surface area contributed by atoms with Gasteiger partial charge in [-0.1, -0.05) is 18.2 Å². The molecule has 2 aromatic carbocycles. The fourth-order valence-corrected chi connectivity index (χ4v) is 1.63. The van der Waals surface area contributed by atoms with Gasteiger partial charge in [0, 0.05) is 23.8 Å². The van der Waals surface area contributed by atoms with Crippen LogP contribution in [-0.4, -0.2) is 5.11 Å². The van der Waals surface area contributed by atoms with E-state index >= 15 is 0 Å². The molecule has 0 aliphatic carbocycles. The zero-order valence-electron chi connectivity index (χ0n) is 9.73. The number of hydrogen-bond donors (Lipinski definition) is 1. The Morgan fingerprint density at radius 2 is 1.67 bits per heavy atom. The van der Waals surface area contributed by atoms with E-state index in [0.717, 1.165) is 18.2 Å². The molecule has 0 spiro atoms. The monoisotopic (exact) mass is 250 g/mol. The highest BCUT2D eigenvalue weighted by Crippen LogP contribution is 2.29. The standard InChI is InChI=1S/C14H12F2O2/c1-9(17)13-4-2-3-5-14(13)18-12-7-10(15)6-11(16)8-12/h2-9,17H,1H3. The lowest BCUT2D eigenvalue weighted by Crippen LogP contribution is -1.96. The lowest BCUT2D eigenvalue weighted by Gasteiger charge is -2.12. The molecule has 2 aromatic rings. The summed E-state index contributed by atoms with van der Waals surface area (Å²) in [5.41, 5.74) is 0.558. The van der Waals surface area contributed by atoms with Crippen LogP contribution in [0.3, 0.4) is 0 Å². The number of benzene rings is 2. The van der Waals surface area contributed by atoms with Crippen LogP contribution >= 0.6 is 0 Å². The molecule has 0 aliphatic heterocycles. The molecule has 0 saturated heterocycles. The quantitative estimate of drug-likeness (QED) is 0.897. The molecule has 0 aliphatic rings. The molecule has 2 rings (SSSR count). The van der Waals surface area contributed by atoms with Crippen molar-refractivity contribution in [3.8, 4) is 11.5 Å². The van der Waals surface area contributed by atoms with E-state index in [1.807, 2.05) is 0 Å². The zero-order chi connectivity index (χ0) is 13.1. The summed E-state index contributed by atoms with van der Waals surface area (Å²) in [4.78, 5) is 0. The molecular formula is C14H12F2O2. The van der Waals surface area contributed by atoms with Crippen molar-refractivity contribution in [3.05, 3.63) is 59.7 Å². The van der Waals surface area contributed by atoms with Crippen LogP contribution in [0.1, 0.15) is 18.6 Å². The molecule has 0 heterocycles. The number of aliphatic hydroxyl groups is 1. The highest BCUT2D eigenvalue weighted by Gasteiger charge is 2.10. The molecule has 0 amide bonds. The van der Waals surface area contributed by atoms with Crippen molar-refractivity contribution < 1.29 is 18.6 Å².